The first-order chi connectivity index (χ1) is 6.20. The molecule has 0 unspecified atom stereocenters. The fourth-order valence-electron chi connectivity index (χ4n) is 1.17. The Morgan fingerprint density at radius 3 is 3.00 bits per heavy atom. The highest BCUT2D eigenvalue weighted by molar-refractivity contribution is 7.10. The maximum atomic E-state index is 9.00. The summed E-state index contributed by atoms with van der Waals surface area (Å²) in [6, 6.07) is 2.21. The zero-order valence-corrected chi connectivity index (χ0v) is 8.36. The first-order valence-corrected chi connectivity index (χ1v) is 5.03. The molecule has 0 bridgehead atoms. The molecule has 0 fully saturated rings. The summed E-state index contributed by atoms with van der Waals surface area (Å²) in [5, 5.41) is 12.9. The Morgan fingerprint density at radius 1 is 1.69 bits per heavy atom. The summed E-state index contributed by atoms with van der Waals surface area (Å²) in [6.07, 6.45) is 1.23. The van der Waals surface area contributed by atoms with Crippen LogP contribution < -0.4 is 5.32 Å². The molecular formula is C9H13NO2S. The predicted molar refractivity (Wildman–Crippen MR) is 53.0 cm³/mol. The lowest BCUT2D eigenvalue weighted by atomic mass is 10.1. The molecule has 72 valence electrons. The van der Waals surface area contributed by atoms with Gasteiger partial charge in [0.1, 0.15) is 0 Å². The Kier molecular flexibility index (Phi) is 3.92. The number of hydrogen-bond acceptors (Lipinski definition) is 3. The van der Waals surface area contributed by atoms with Gasteiger partial charge in [-0.15, -0.1) is 11.3 Å². The monoisotopic (exact) mass is 199 g/mol. The number of rotatable bonds is 0. The number of thiophene rings is 1. The maximum Gasteiger partial charge on any atom is 0.300 e. The van der Waals surface area contributed by atoms with E-state index in [0.29, 0.717) is 0 Å². The van der Waals surface area contributed by atoms with Crippen molar-refractivity contribution in [1.29, 1.82) is 0 Å². The van der Waals surface area contributed by atoms with E-state index in [1.807, 2.05) is 11.3 Å². The first-order valence-electron chi connectivity index (χ1n) is 4.15. The standard InChI is InChI=1S/C7H9NS.C2H4O2/c1-3-8-5-6-2-4-9-7(1)6;1-2(3)4/h2,4,8H,1,3,5H2;1H3,(H,3,4). The van der Waals surface area contributed by atoms with Crippen molar-refractivity contribution >= 4 is 17.3 Å². The third kappa shape index (κ3) is 3.57. The Balaban J connectivity index is 0.000000184. The van der Waals surface area contributed by atoms with E-state index in [1.165, 1.54) is 12.0 Å². The van der Waals surface area contributed by atoms with Crippen molar-refractivity contribution in [2.45, 2.75) is 19.9 Å². The molecular weight excluding hydrogens is 186 g/mol. The molecule has 4 heteroatoms. The van der Waals surface area contributed by atoms with E-state index in [-0.39, 0.29) is 0 Å². The molecule has 0 atom stereocenters. The van der Waals surface area contributed by atoms with Crippen LogP contribution in [0.4, 0.5) is 0 Å². The van der Waals surface area contributed by atoms with Gasteiger partial charge in [-0.25, -0.2) is 0 Å². The summed E-state index contributed by atoms with van der Waals surface area (Å²) in [5.41, 5.74) is 1.51. The van der Waals surface area contributed by atoms with Gasteiger partial charge in [-0.3, -0.25) is 4.79 Å². The molecule has 0 saturated carbocycles. The Hall–Kier alpha value is -0.870. The third-order valence-electron chi connectivity index (χ3n) is 1.68. The summed E-state index contributed by atoms with van der Waals surface area (Å²) in [4.78, 5) is 10.6. The number of carboxylic acids is 1. The summed E-state index contributed by atoms with van der Waals surface area (Å²) < 4.78 is 0. The van der Waals surface area contributed by atoms with Gasteiger partial charge in [-0.2, -0.15) is 0 Å². The Morgan fingerprint density at radius 2 is 2.38 bits per heavy atom. The van der Waals surface area contributed by atoms with E-state index in [9.17, 15) is 0 Å². The molecule has 3 nitrogen and oxygen atoms in total. The third-order valence-corrected chi connectivity index (χ3v) is 2.70. The molecule has 0 amide bonds. The van der Waals surface area contributed by atoms with Crippen LogP contribution in [0, 0.1) is 0 Å². The van der Waals surface area contributed by atoms with Crippen molar-refractivity contribution in [1.82, 2.24) is 5.32 Å². The second-order valence-corrected chi connectivity index (χ2v) is 3.82. The quantitative estimate of drug-likeness (QED) is 0.665. The largest absolute Gasteiger partial charge is 0.481 e. The normalized spacial score (nSPS) is 13.9. The molecule has 0 spiro atoms. The minimum atomic E-state index is -0.833. The molecule has 2 heterocycles. The molecule has 13 heavy (non-hydrogen) atoms. The van der Waals surface area contributed by atoms with Crippen molar-refractivity contribution in [3.63, 3.8) is 0 Å². The average molecular weight is 199 g/mol. The summed E-state index contributed by atoms with van der Waals surface area (Å²) in [7, 11) is 0. The predicted octanol–water partition coefficient (Wildman–Crippen LogP) is 1.48. The molecule has 1 aromatic rings. The fourth-order valence-corrected chi connectivity index (χ4v) is 2.08. The molecule has 0 aromatic carbocycles. The van der Waals surface area contributed by atoms with Crippen LogP contribution in [0.3, 0.4) is 0 Å². The fraction of sp³-hybridized carbons (Fsp3) is 0.444. The van der Waals surface area contributed by atoms with Gasteiger partial charge in [-0.1, -0.05) is 0 Å². The molecule has 1 aliphatic heterocycles. The Bertz CT molecular complexity index is 258. The maximum absolute atomic E-state index is 9.00. The second-order valence-electron chi connectivity index (χ2n) is 2.81. The van der Waals surface area contributed by atoms with Crippen molar-refractivity contribution in [3.8, 4) is 0 Å². The molecule has 1 aromatic heterocycles. The van der Waals surface area contributed by atoms with E-state index < -0.39 is 5.97 Å². The van der Waals surface area contributed by atoms with Gasteiger partial charge in [0.2, 0.25) is 0 Å². The molecule has 0 radical (unpaired) electrons. The molecule has 0 aliphatic carbocycles. The highest BCUT2D eigenvalue weighted by atomic mass is 32.1. The lowest BCUT2D eigenvalue weighted by Gasteiger charge is -2.10. The molecule has 0 saturated heterocycles. The summed E-state index contributed by atoms with van der Waals surface area (Å²) in [6.45, 7) is 3.33. The van der Waals surface area contributed by atoms with Gasteiger partial charge in [0.15, 0.2) is 0 Å². The van der Waals surface area contributed by atoms with Crippen molar-refractivity contribution < 1.29 is 9.90 Å². The van der Waals surface area contributed by atoms with Gasteiger partial charge in [0.05, 0.1) is 0 Å². The van der Waals surface area contributed by atoms with Crippen molar-refractivity contribution in [3.05, 3.63) is 21.9 Å². The topological polar surface area (TPSA) is 49.3 Å². The lowest BCUT2D eigenvalue weighted by Crippen LogP contribution is -2.21. The minimum Gasteiger partial charge on any atom is -0.481 e. The molecule has 2 rings (SSSR count). The van der Waals surface area contributed by atoms with Gasteiger partial charge >= 0.3 is 0 Å². The van der Waals surface area contributed by atoms with Crippen molar-refractivity contribution in [2.24, 2.45) is 0 Å². The number of fused-ring (bicyclic) bond motifs is 1. The van der Waals surface area contributed by atoms with Crippen molar-refractivity contribution in [2.75, 3.05) is 6.54 Å². The summed E-state index contributed by atoms with van der Waals surface area (Å²) in [5.74, 6) is -0.833. The SMILES string of the molecule is CC(=O)O.c1cc2c(s1)CCNC2. The van der Waals surface area contributed by atoms with Crippen LogP contribution in [0.15, 0.2) is 11.4 Å². The van der Waals surface area contributed by atoms with E-state index in [1.54, 1.807) is 4.88 Å². The van der Waals surface area contributed by atoms with Crippen LogP contribution in [0.25, 0.3) is 0 Å². The first kappa shape index (κ1) is 10.2. The number of carboxylic acid groups (broad SMARTS) is 1. The van der Waals surface area contributed by atoms with Gasteiger partial charge < -0.3 is 10.4 Å². The minimum absolute atomic E-state index is 0.833. The number of carbonyl (C=O) groups is 1. The van der Waals surface area contributed by atoms with Crippen LogP contribution in [-0.4, -0.2) is 17.6 Å². The van der Waals surface area contributed by atoms with E-state index in [4.69, 9.17) is 9.90 Å². The van der Waals surface area contributed by atoms with Crippen LogP contribution in [0.1, 0.15) is 17.4 Å². The van der Waals surface area contributed by atoms with Gasteiger partial charge in [0, 0.05) is 24.9 Å². The highest BCUT2D eigenvalue weighted by Crippen LogP contribution is 2.19. The number of aliphatic carboxylic acids is 1. The van der Waals surface area contributed by atoms with E-state index in [0.717, 1.165) is 20.0 Å². The van der Waals surface area contributed by atoms with Gasteiger partial charge in [0.25, 0.3) is 5.97 Å². The zero-order chi connectivity index (χ0) is 9.68. The lowest BCUT2D eigenvalue weighted by molar-refractivity contribution is -0.134. The van der Waals surface area contributed by atoms with Crippen LogP contribution >= 0.6 is 11.3 Å². The zero-order valence-electron chi connectivity index (χ0n) is 7.54. The van der Waals surface area contributed by atoms with Crippen LogP contribution in [-0.2, 0) is 17.8 Å². The van der Waals surface area contributed by atoms with E-state index >= 15 is 0 Å². The number of nitrogens with one attached hydrogen (secondary N) is 1. The number of hydrogen-bond donors (Lipinski definition) is 2. The molecule has 1 aliphatic rings. The highest BCUT2D eigenvalue weighted by Gasteiger charge is 2.07. The van der Waals surface area contributed by atoms with Crippen LogP contribution in [0.5, 0.6) is 0 Å². The van der Waals surface area contributed by atoms with Crippen LogP contribution in [0.2, 0.25) is 0 Å². The smallest absolute Gasteiger partial charge is 0.300 e. The molecule has 2 N–H and O–H groups in total. The second kappa shape index (κ2) is 4.99. The Labute approximate surface area is 81.4 Å². The summed E-state index contributed by atoms with van der Waals surface area (Å²) >= 11 is 1.89. The van der Waals surface area contributed by atoms with E-state index in [2.05, 4.69) is 16.8 Å². The average Bonchev–Trinajstić information content (AvgIpc) is 2.49. The van der Waals surface area contributed by atoms with Gasteiger partial charge in [-0.05, 0) is 23.4 Å².